The van der Waals surface area contributed by atoms with Crippen LogP contribution in [0, 0.1) is 0 Å². The number of hydrogen-bond donors (Lipinski definition) is 0. The molecule has 0 aliphatic rings. The Morgan fingerprint density at radius 3 is 1.80 bits per heavy atom. The number of benzene rings is 7. The van der Waals surface area contributed by atoms with Crippen molar-refractivity contribution in [2.24, 2.45) is 0 Å². The quantitative estimate of drug-likeness (QED) is 0.188. The molecule has 0 aliphatic carbocycles. The maximum atomic E-state index is 6.48. The highest BCUT2D eigenvalue weighted by atomic mass is 16.4. The van der Waals surface area contributed by atoms with Crippen molar-refractivity contribution < 1.29 is 8.83 Å². The molecule has 0 fully saturated rings. The first-order valence-corrected chi connectivity index (χ1v) is 16.8. The minimum atomic E-state index is 0.555. The summed E-state index contributed by atoms with van der Waals surface area (Å²) in [5.41, 5.74) is 7.77. The lowest BCUT2D eigenvalue weighted by Gasteiger charge is -2.12. The molecular weight excluding hydrogens is 631 g/mol. The Balaban J connectivity index is 1.19. The monoisotopic (exact) mass is 655 g/mol. The van der Waals surface area contributed by atoms with Crippen LogP contribution >= 0.6 is 0 Å². The molecule has 0 saturated heterocycles. The molecule has 0 bridgehead atoms. The Bertz CT molecular complexity index is 3090. The number of oxazole rings is 1. The summed E-state index contributed by atoms with van der Waals surface area (Å²) in [6.07, 6.45) is 0. The molecule has 0 radical (unpaired) electrons. The molecule has 0 spiro atoms. The maximum absolute atomic E-state index is 6.48. The highest BCUT2D eigenvalue weighted by molar-refractivity contribution is 6.26. The Hall–Kier alpha value is -7.12. The average Bonchev–Trinajstić information content (AvgIpc) is 3.90. The average molecular weight is 656 g/mol. The van der Waals surface area contributed by atoms with Crippen molar-refractivity contribution in [1.82, 2.24) is 24.5 Å². The molecule has 7 nitrogen and oxygen atoms in total. The third-order valence-electron chi connectivity index (χ3n) is 9.71. The van der Waals surface area contributed by atoms with Crippen molar-refractivity contribution >= 4 is 65.6 Å². The molecule has 7 heteroatoms. The van der Waals surface area contributed by atoms with Gasteiger partial charge in [0.1, 0.15) is 16.7 Å². The first kappa shape index (κ1) is 27.8. The number of para-hydroxylation sites is 2. The normalized spacial score (nSPS) is 11.9. The molecule has 11 aromatic rings. The van der Waals surface area contributed by atoms with Gasteiger partial charge >= 0.3 is 0 Å². The standard InChI is InChI=1S/C44H25N5O2/c1-3-12-26(13-4-1)41-46-42(48-44(47-41)49-34-20-9-7-16-29(34)30-17-8-10-21-35(30)49)32-19-11-18-31-28(32)22-24-36-38(31)39-37(50-36)25-23-33-40(39)51-43(45-33)27-14-5-2-6-15-27/h1-25H. The SMILES string of the molecule is c1ccc(-c2nc(-c3cccc4c3ccc3oc5ccc6nc(-c7ccccc7)oc6c5c34)nc(-n3c4ccccc4c4ccccc43)n2)cc1. The molecule has 0 aliphatic heterocycles. The number of aromatic nitrogens is 5. The molecule has 0 unspecified atom stereocenters. The molecule has 7 aromatic carbocycles. The van der Waals surface area contributed by atoms with Crippen LogP contribution in [0.3, 0.4) is 0 Å². The van der Waals surface area contributed by atoms with Gasteiger partial charge in [0.2, 0.25) is 11.8 Å². The van der Waals surface area contributed by atoms with E-state index >= 15 is 0 Å². The van der Waals surface area contributed by atoms with E-state index in [1.165, 1.54) is 0 Å². The van der Waals surface area contributed by atoms with Gasteiger partial charge in [-0.3, -0.25) is 4.57 Å². The molecule has 4 aromatic heterocycles. The number of rotatable bonds is 4. The highest BCUT2D eigenvalue weighted by Crippen LogP contribution is 2.42. The molecule has 0 amide bonds. The van der Waals surface area contributed by atoms with Crippen LogP contribution in [-0.2, 0) is 0 Å². The van der Waals surface area contributed by atoms with E-state index in [9.17, 15) is 0 Å². The van der Waals surface area contributed by atoms with Gasteiger partial charge in [-0.25, -0.2) is 9.97 Å². The van der Waals surface area contributed by atoms with Crippen molar-refractivity contribution in [3.63, 3.8) is 0 Å². The van der Waals surface area contributed by atoms with Crippen LogP contribution in [-0.4, -0.2) is 24.5 Å². The molecule has 238 valence electrons. The van der Waals surface area contributed by atoms with Crippen molar-refractivity contribution in [3.05, 3.63) is 152 Å². The predicted octanol–water partition coefficient (Wildman–Crippen LogP) is 11.2. The fourth-order valence-corrected chi connectivity index (χ4v) is 7.43. The minimum absolute atomic E-state index is 0.555. The van der Waals surface area contributed by atoms with E-state index in [1.54, 1.807) is 0 Å². The lowest BCUT2D eigenvalue weighted by atomic mass is 9.99. The zero-order valence-electron chi connectivity index (χ0n) is 27.0. The Morgan fingerprint density at radius 1 is 0.412 bits per heavy atom. The summed E-state index contributed by atoms with van der Waals surface area (Å²) < 4.78 is 15.0. The third-order valence-corrected chi connectivity index (χ3v) is 9.71. The van der Waals surface area contributed by atoms with Gasteiger partial charge in [0.05, 0.1) is 16.4 Å². The van der Waals surface area contributed by atoms with Crippen molar-refractivity contribution in [2.75, 3.05) is 0 Å². The minimum Gasteiger partial charge on any atom is -0.456 e. The van der Waals surface area contributed by atoms with E-state index < -0.39 is 0 Å². The lowest BCUT2D eigenvalue weighted by Crippen LogP contribution is -2.06. The number of fused-ring (bicyclic) bond motifs is 10. The summed E-state index contributed by atoms with van der Waals surface area (Å²) in [4.78, 5) is 20.3. The van der Waals surface area contributed by atoms with Crippen LogP contribution in [0.2, 0.25) is 0 Å². The number of furan rings is 1. The van der Waals surface area contributed by atoms with Crippen LogP contribution in [0.5, 0.6) is 0 Å². The van der Waals surface area contributed by atoms with E-state index in [1.807, 2.05) is 78.9 Å². The Kier molecular flexibility index (Phi) is 5.83. The second kappa shape index (κ2) is 10.7. The lowest BCUT2D eigenvalue weighted by molar-refractivity contribution is 0.622. The summed E-state index contributed by atoms with van der Waals surface area (Å²) in [6.45, 7) is 0. The molecule has 0 N–H and O–H groups in total. The predicted molar refractivity (Wildman–Crippen MR) is 203 cm³/mol. The number of hydrogen-bond acceptors (Lipinski definition) is 6. The van der Waals surface area contributed by atoms with Crippen LogP contribution in [0.4, 0.5) is 0 Å². The van der Waals surface area contributed by atoms with Crippen LogP contribution in [0.25, 0.3) is 106 Å². The first-order valence-electron chi connectivity index (χ1n) is 16.8. The Morgan fingerprint density at radius 2 is 1.04 bits per heavy atom. The van der Waals surface area contributed by atoms with Gasteiger partial charge in [0.15, 0.2) is 17.2 Å². The third kappa shape index (κ3) is 4.18. The first-order chi connectivity index (χ1) is 25.3. The second-order valence-corrected chi connectivity index (χ2v) is 12.6. The summed E-state index contributed by atoms with van der Waals surface area (Å²) in [7, 11) is 0. The van der Waals surface area contributed by atoms with Gasteiger partial charge in [-0.1, -0.05) is 103 Å². The molecule has 0 saturated carbocycles. The summed E-state index contributed by atoms with van der Waals surface area (Å²) in [5, 5.41) is 6.15. The van der Waals surface area contributed by atoms with E-state index in [0.717, 1.165) is 76.7 Å². The Labute approximate surface area is 290 Å². The molecule has 11 rings (SSSR count). The molecule has 0 atom stereocenters. The van der Waals surface area contributed by atoms with Gasteiger partial charge in [-0.15, -0.1) is 0 Å². The van der Waals surface area contributed by atoms with E-state index in [2.05, 4.69) is 77.4 Å². The van der Waals surface area contributed by atoms with E-state index in [4.69, 9.17) is 28.8 Å². The summed E-state index contributed by atoms with van der Waals surface area (Å²) in [5.74, 6) is 2.31. The molecule has 4 heterocycles. The number of nitrogens with zero attached hydrogens (tertiary/aromatic N) is 5. The highest BCUT2D eigenvalue weighted by Gasteiger charge is 2.22. The van der Waals surface area contributed by atoms with Gasteiger partial charge in [-0.05, 0) is 59.3 Å². The van der Waals surface area contributed by atoms with Crippen LogP contribution in [0.15, 0.2) is 160 Å². The van der Waals surface area contributed by atoms with Crippen LogP contribution < -0.4 is 0 Å². The van der Waals surface area contributed by atoms with Crippen molar-refractivity contribution in [1.29, 1.82) is 0 Å². The maximum Gasteiger partial charge on any atom is 0.238 e. The zero-order chi connectivity index (χ0) is 33.5. The molecule has 51 heavy (non-hydrogen) atoms. The van der Waals surface area contributed by atoms with Gasteiger partial charge in [0, 0.05) is 32.8 Å². The fourth-order valence-electron chi connectivity index (χ4n) is 7.43. The van der Waals surface area contributed by atoms with Crippen molar-refractivity contribution in [3.8, 4) is 40.2 Å². The zero-order valence-corrected chi connectivity index (χ0v) is 27.0. The van der Waals surface area contributed by atoms with E-state index in [-0.39, 0.29) is 0 Å². The topological polar surface area (TPSA) is 82.8 Å². The summed E-state index contributed by atoms with van der Waals surface area (Å²) in [6, 6.07) is 51.1. The van der Waals surface area contributed by atoms with Gasteiger partial charge in [-0.2, -0.15) is 9.97 Å². The smallest absolute Gasteiger partial charge is 0.238 e. The fraction of sp³-hybridized carbons (Fsp3) is 0. The van der Waals surface area contributed by atoms with Crippen LogP contribution in [0.1, 0.15) is 0 Å². The van der Waals surface area contributed by atoms with Crippen molar-refractivity contribution in [2.45, 2.75) is 0 Å². The van der Waals surface area contributed by atoms with E-state index in [0.29, 0.717) is 29.1 Å². The van der Waals surface area contributed by atoms with Gasteiger partial charge in [0.25, 0.3) is 0 Å². The largest absolute Gasteiger partial charge is 0.456 e. The summed E-state index contributed by atoms with van der Waals surface area (Å²) >= 11 is 0. The second-order valence-electron chi connectivity index (χ2n) is 12.6. The van der Waals surface area contributed by atoms with Gasteiger partial charge < -0.3 is 8.83 Å². The molecular formula is C44H25N5O2.